The van der Waals surface area contributed by atoms with Crippen LogP contribution in [-0.2, 0) is 6.54 Å². The van der Waals surface area contributed by atoms with Crippen LogP contribution in [0.2, 0.25) is 0 Å². The number of halogens is 1. The maximum Gasteiger partial charge on any atom is 0.128 e. The molecule has 0 aliphatic carbocycles. The lowest BCUT2D eigenvalue weighted by Crippen LogP contribution is -1.96. The summed E-state index contributed by atoms with van der Waals surface area (Å²) in [4.78, 5) is 0. The zero-order chi connectivity index (χ0) is 9.26. The van der Waals surface area contributed by atoms with Crippen molar-refractivity contribution in [3.8, 4) is 6.07 Å². The topological polar surface area (TPSA) is 41.6 Å². The summed E-state index contributed by atoms with van der Waals surface area (Å²) in [5.41, 5.74) is 0.654. The van der Waals surface area contributed by atoms with Gasteiger partial charge in [0, 0.05) is 5.39 Å². The van der Waals surface area contributed by atoms with Gasteiger partial charge in [-0.1, -0.05) is 0 Å². The van der Waals surface area contributed by atoms with Crippen molar-refractivity contribution in [2.75, 3.05) is 0 Å². The second kappa shape index (κ2) is 2.87. The molecule has 0 saturated carbocycles. The maximum atomic E-state index is 12.8. The van der Waals surface area contributed by atoms with E-state index in [1.165, 1.54) is 16.8 Å². The molecule has 64 valence electrons. The molecule has 1 heterocycles. The molecule has 0 atom stereocenters. The van der Waals surface area contributed by atoms with Gasteiger partial charge in [-0.25, -0.2) is 4.39 Å². The molecule has 13 heavy (non-hydrogen) atoms. The van der Waals surface area contributed by atoms with E-state index in [-0.39, 0.29) is 12.4 Å². The Morgan fingerprint density at radius 1 is 1.54 bits per heavy atom. The van der Waals surface area contributed by atoms with Gasteiger partial charge in [-0.3, -0.25) is 4.68 Å². The molecule has 0 N–H and O–H groups in total. The number of fused-ring (bicyclic) bond motifs is 1. The molecule has 0 saturated heterocycles. The number of hydrogen-bond acceptors (Lipinski definition) is 2. The van der Waals surface area contributed by atoms with Gasteiger partial charge in [0.05, 0.1) is 17.8 Å². The van der Waals surface area contributed by atoms with Crippen molar-refractivity contribution in [2.24, 2.45) is 0 Å². The van der Waals surface area contributed by atoms with Crippen LogP contribution in [0.1, 0.15) is 0 Å². The van der Waals surface area contributed by atoms with Gasteiger partial charge in [-0.2, -0.15) is 10.4 Å². The molecule has 4 heteroatoms. The lowest BCUT2D eigenvalue weighted by atomic mass is 10.2. The summed E-state index contributed by atoms with van der Waals surface area (Å²) in [7, 11) is 0. The van der Waals surface area contributed by atoms with Crippen LogP contribution in [0.4, 0.5) is 4.39 Å². The summed E-state index contributed by atoms with van der Waals surface area (Å²) in [6, 6.07) is 6.35. The fourth-order valence-electron chi connectivity index (χ4n) is 1.24. The largest absolute Gasteiger partial charge is 0.251 e. The summed E-state index contributed by atoms with van der Waals surface area (Å²) >= 11 is 0. The number of hydrogen-bond donors (Lipinski definition) is 0. The molecule has 0 aliphatic rings. The Balaban J connectivity index is 2.66. The van der Waals surface area contributed by atoms with Crippen LogP contribution in [-0.4, -0.2) is 9.78 Å². The normalized spacial score (nSPS) is 10.2. The molecule has 0 unspecified atom stereocenters. The van der Waals surface area contributed by atoms with E-state index >= 15 is 0 Å². The van der Waals surface area contributed by atoms with E-state index in [1.807, 2.05) is 6.07 Å². The Bertz CT molecular complexity index is 481. The lowest BCUT2D eigenvalue weighted by molar-refractivity contribution is 0.627. The van der Waals surface area contributed by atoms with E-state index in [0.717, 1.165) is 5.39 Å². The summed E-state index contributed by atoms with van der Waals surface area (Å²) in [5.74, 6) is -0.313. The first kappa shape index (κ1) is 7.74. The average molecular weight is 175 g/mol. The van der Waals surface area contributed by atoms with Gasteiger partial charge in [0.15, 0.2) is 0 Å². The number of benzene rings is 1. The van der Waals surface area contributed by atoms with Crippen molar-refractivity contribution < 1.29 is 4.39 Å². The molecule has 0 fully saturated rings. The first-order valence-corrected chi connectivity index (χ1v) is 3.79. The van der Waals surface area contributed by atoms with E-state index < -0.39 is 0 Å². The van der Waals surface area contributed by atoms with Crippen molar-refractivity contribution in [3.05, 3.63) is 30.2 Å². The molecule has 1 aromatic carbocycles. The number of nitrogens with zero attached hydrogens (tertiary/aromatic N) is 3. The Kier molecular flexibility index (Phi) is 1.71. The monoisotopic (exact) mass is 175 g/mol. The molecule has 0 amide bonds. The molecule has 0 aliphatic heterocycles. The van der Waals surface area contributed by atoms with Crippen LogP contribution in [0.25, 0.3) is 10.9 Å². The van der Waals surface area contributed by atoms with E-state index in [9.17, 15) is 4.39 Å². The van der Waals surface area contributed by atoms with Gasteiger partial charge >= 0.3 is 0 Å². The molecule has 0 bridgehead atoms. The Labute approximate surface area is 74.0 Å². The standard InChI is InChI=1S/C9H6FN3/c10-8-2-1-7-6-12-13(4-3-11)9(7)5-8/h1-2,5-6H,4H2. The number of rotatable bonds is 1. The molecule has 2 rings (SSSR count). The highest BCUT2D eigenvalue weighted by Crippen LogP contribution is 2.14. The van der Waals surface area contributed by atoms with Crippen LogP contribution in [0.3, 0.4) is 0 Å². The van der Waals surface area contributed by atoms with E-state index in [4.69, 9.17) is 5.26 Å². The second-order valence-electron chi connectivity index (χ2n) is 2.66. The Hall–Kier alpha value is -1.89. The van der Waals surface area contributed by atoms with Crippen molar-refractivity contribution in [2.45, 2.75) is 6.54 Å². The fourth-order valence-corrected chi connectivity index (χ4v) is 1.24. The maximum absolute atomic E-state index is 12.8. The van der Waals surface area contributed by atoms with Gasteiger partial charge in [-0.05, 0) is 18.2 Å². The molecule has 0 radical (unpaired) electrons. The minimum Gasteiger partial charge on any atom is -0.251 e. The minimum atomic E-state index is -0.313. The number of nitriles is 1. The smallest absolute Gasteiger partial charge is 0.128 e. The second-order valence-corrected chi connectivity index (χ2v) is 2.66. The predicted molar refractivity (Wildman–Crippen MR) is 45.3 cm³/mol. The molecule has 0 spiro atoms. The third-order valence-electron chi connectivity index (χ3n) is 1.83. The number of aromatic nitrogens is 2. The van der Waals surface area contributed by atoms with Crippen LogP contribution in [0, 0.1) is 17.1 Å². The SMILES string of the molecule is N#CCn1ncc2ccc(F)cc21. The van der Waals surface area contributed by atoms with Gasteiger partial charge in [-0.15, -0.1) is 0 Å². The van der Waals surface area contributed by atoms with Gasteiger partial charge in [0.2, 0.25) is 0 Å². The molecule has 1 aromatic heterocycles. The van der Waals surface area contributed by atoms with Gasteiger partial charge in [0.1, 0.15) is 12.4 Å². The van der Waals surface area contributed by atoms with Crippen molar-refractivity contribution in [1.29, 1.82) is 5.26 Å². The highest BCUT2D eigenvalue weighted by Gasteiger charge is 2.02. The first-order valence-electron chi connectivity index (χ1n) is 3.79. The van der Waals surface area contributed by atoms with Crippen LogP contribution in [0.5, 0.6) is 0 Å². The Morgan fingerprint density at radius 2 is 2.38 bits per heavy atom. The van der Waals surface area contributed by atoms with E-state index in [1.54, 1.807) is 12.3 Å². The molecule has 3 nitrogen and oxygen atoms in total. The predicted octanol–water partition coefficient (Wildman–Crippen LogP) is 1.70. The molecular formula is C9H6FN3. The molecule has 2 aromatic rings. The van der Waals surface area contributed by atoms with Crippen molar-refractivity contribution in [3.63, 3.8) is 0 Å². The average Bonchev–Trinajstić information content (AvgIpc) is 2.49. The van der Waals surface area contributed by atoms with Crippen molar-refractivity contribution >= 4 is 10.9 Å². The third kappa shape index (κ3) is 1.25. The highest BCUT2D eigenvalue weighted by molar-refractivity contribution is 5.78. The van der Waals surface area contributed by atoms with Crippen LogP contribution < -0.4 is 0 Å². The first-order chi connectivity index (χ1) is 6.31. The van der Waals surface area contributed by atoms with Crippen LogP contribution >= 0.6 is 0 Å². The highest BCUT2D eigenvalue weighted by atomic mass is 19.1. The fraction of sp³-hybridized carbons (Fsp3) is 0.111. The quantitative estimate of drug-likeness (QED) is 0.661. The molecular weight excluding hydrogens is 169 g/mol. The summed E-state index contributed by atoms with van der Waals surface area (Å²) in [6.45, 7) is 0.146. The minimum absolute atomic E-state index is 0.146. The van der Waals surface area contributed by atoms with E-state index in [2.05, 4.69) is 5.10 Å². The summed E-state index contributed by atoms with van der Waals surface area (Å²) in [6.07, 6.45) is 1.62. The third-order valence-corrected chi connectivity index (χ3v) is 1.83. The van der Waals surface area contributed by atoms with Gasteiger partial charge in [0.25, 0.3) is 0 Å². The zero-order valence-corrected chi connectivity index (χ0v) is 6.74. The van der Waals surface area contributed by atoms with Gasteiger partial charge < -0.3 is 0 Å². The van der Waals surface area contributed by atoms with E-state index in [0.29, 0.717) is 5.52 Å². The Morgan fingerprint density at radius 3 is 3.15 bits per heavy atom. The summed E-state index contributed by atoms with van der Waals surface area (Å²) in [5, 5.41) is 13.3. The summed E-state index contributed by atoms with van der Waals surface area (Å²) < 4.78 is 14.3. The lowest BCUT2D eigenvalue weighted by Gasteiger charge is -1.95. The zero-order valence-electron chi connectivity index (χ0n) is 6.74. The van der Waals surface area contributed by atoms with Crippen molar-refractivity contribution in [1.82, 2.24) is 9.78 Å². The van der Waals surface area contributed by atoms with Crippen LogP contribution in [0.15, 0.2) is 24.4 Å².